The molecule has 2 aromatic heterocycles. The zero-order chi connectivity index (χ0) is 21.6. The summed E-state index contributed by atoms with van der Waals surface area (Å²) >= 11 is 7.69. The number of ether oxygens (including phenoxy) is 1. The van der Waals surface area contributed by atoms with Gasteiger partial charge in [-0.1, -0.05) is 41.1 Å². The minimum atomic E-state index is -0.142. The Hall–Kier alpha value is -2.87. The predicted octanol–water partition coefficient (Wildman–Crippen LogP) is 5.71. The van der Waals surface area contributed by atoms with E-state index in [0.717, 1.165) is 34.5 Å². The van der Waals surface area contributed by atoms with Crippen LogP contribution in [0.3, 0.4) is 0 Å². The normalized spacial score (nSPS) is 10.9. The van der Waals surface area contributed by atoms with Crippen molar-refractivity contribution in [1.29, 1.82) is 0 Å². The summed E-state index contributed by atoms with van der Waals surface area (Å²) in [5, 5.41) is 1.26. The van der Waals surface area contributed by atoms with Gasteiger partial charge in [-0.25, -0.2) is 9.97 Å². The molecule has 0 saturated carbocycles. The molecule has 4 aromatic rings. The van der Waals surface area contributed by atoms with Crippen molar-refractivity contribution < 1.29 is 9.53 Å². The van der Waals surface area contributed by atoms with Crippen LogP contribution in [0.1, 0.15) is 12.0 Å². The van der Waals surface area contributed by atoms with Gasteiger partial charge in [-0.2, -0.15) is 0 Å². The van der Waals surface area contributed by atoms with E-state index in [0.29, 0.717) is 16.7 Å². The molecule has 6 nitrogen and oxygen atoms in total. The molecule has 0 aliphatic carbocycles. The standard InChI is InChI=1S/C23H21ClN4O2S.ClH/c1-30-18-8-9-20-21(15-18)31-23(26-20)28(13-4-12-27-14-11-25-16-27)22(29)10-7-17-5-2-3-6-19(17)24;/h2-3,5-11,14-16H,4,12-13H2,1H3;1H/b10-7+;. The van der Waals surface area contributed by atoms with Crippen molar-refractivity contribution in [2.24, 2.45) is 0 Å². The summed E-state index contributed by atoms with van der Waals surface area (Å²) in [7, 11) is 1.63. The first-order valence-electron chi connectivity index (χ1n) is 9.78. The van der Waals surface area contributed by atoms with Crippen LogP contribution >= 0.6 is 35.3 Å². The Balaban J connectivity index is 0.00000289. The lowest BCUT2D eigenvalue weighted by molar-refractivity contribution is -0.114. The van der Waals surface area contributed by atoms with Crippen molar-refractivity contribution in [1.82, 2.24) is 14.5 Å². The highest BCUT2D eigenvalue weighted by Crippen LogP contribution is 2.32. The monoisotopic (exact) mass is 488 g/mol. The Morgan fingerprint density at radius 2 is 2.12 bits per heavy atom. The van der Waals surface area contributed by atoms with Gasteiger partial charge in [0.25, 0.3) is 5.91 Å². The van der Waals surface area contributed by atoms with Crippen LogP contribution in [-0.4, -0.2) is 34.1 Å². The number of aromatic nitrogens is 3. The van der Waals surface area contributed by atoms with Crippen LogP contribution in [-0.2, 0) is 11.3 Å². The maximum Gasteiger partial charge on any atom is 0.252 e. The van der Waals surface area contributed by atoms with E-state index >= 15 is 0 Å². The van der Waals surface area contributed by atoms with Crippen LogP contribution in [0.2, 0.25) is 5.02 Å². The number of anilines is 1. The van der Waals surface area contributed by atoms with Crippen LogP contribution in [0.5, 0.6) is 5.75 Å². The van der Waals surface area contributed by atoms with Gasteiger partial charge in [0.2, 0.25) is 0 Å². The topological polar surface area (TPSA) is 60.2 Å². The van der Waals surface area contributed by atoms with E-state index in [1.807, 2.05) is 47.2 Å². The Morgan fingerprint density at radius 3 is 2.88 bits per heavy atom. The largest absolute Gasteiger partial charge is 0.497 e. The second kappa shape index (κ2) is 11.1. The van der Waals surface area contributed by atoms with Crippen molar-refractivity contribution in [2.75, 3.05) is 18.6 Å². The number of nitrogens with zero attached hydrogens (tertiary/aromatic N) is 4. The van der Waals surface area contributed by atoms with E-state index in [1.165, 1.54) is 11.3 Å². The summed E-state index contributed by atoms with van der Waals surface area (Å²) in [6, 6.07) is 13.1. The number of carbonyl (C=O) groups excluding carboxylic acids is 1. The minimum absolute atomic E-state index is 0. The molecule has 2 aromatic carbocycles. The van der Waals surface area contributed by atoms with E-state index in [9.17, 15) is 4.79 Å². The number of imidazole rings is 1. The van der Waals surface area contributed by atoms with Gasteiger partial charge in [-0.05, 0) is 42.3 Å². The molecule has 1 amide bonds. The van der Waals surface area contributed by atoms with Crippen molar-refractivity contribution in [3.05, 3.63) is 77.8 Å². The number of aryl methyl sites for hydroxylation is 1. The van der Waals surface area contributed by atoms with Gasteiger partial charge >= 0.3 is 0 Å². The number of fused-ring (bicyclic) bond motifs is 1. The Kier molecular flexibility index (Phi) is 8.27. The van der Waals surface area contributed by atoms with E-state index in [2.05, 4.69) is 9.97 Å². The lowest BCUT2D eigenvalue weighted by Crippen LogP contribution is -2.30. The zero-order valence-electron chi connectivity index (χ0n) is 17.3. The lowest BCUT2D eigenvalue weighted by Gasteiger charge is -2.18. The third kappa shape index (κ3) is 5.68. The molecule has 166 valence electrons. The first-order chi connectivity index (χ1) is 15.1. The van der Waals surface area contributed by atoms with Gasteiger partial charge in [-0.15, -0.1) is 12.4 Å². The molecule has 0 atom stereocenters. The number of rotatable bonds is 8. The van der Waals surface area contributed by atoms with Gasteiger partial charge in [0.05, 0.1) is 23.7 Å². The first kappa shape index (κ1) is 23.8. The molecule has 9 heteroatoms. The van der Waals surface area contributed by atoms with Crippen LogP contribution < -0.4 is 9.64 Å². The van der Waals surface area contributed by atoms with E-state index in [1.54, 1.807) is 42.8 Å². The fourth-order valence-electron chi connectivity index (χ4n) is 3.13. The molecule has 0 fully saturated rings. The first-order valence-corrected chi connectivity index (χ1v) is 11.0. The third-order valence-corrected chi connectivity index (χ3v) is 6.13. The van der Waals surface area contributed by atoms with Crippen molar-refractivity contribution >= 4 is 62.7 Å². The number of thiazole rings is 1. The molecule has 0 aliphatic heterocycles. The molecule has 0 unspecified atom stereocenters. The van der Waals surface area contributed by atoms with Crippen molar-refractivity contribution in [3.8, 4) is 5.75 Å². The van der Waals surface area contributed by atoms with E-state index in [-0.39, 0.29) is 18.3 Å². The van der Waals surface area contributed by atoms with E-state index < -0.39 is 0 Å². The van der Waals surface area contributed by atoms with Crippen LogP contribution in [0.25, 0.3) is 16.3 Å². The quantitative estimate of drug-likeness (QED) is 0.298. The SMILES string of the molecule is COc1ccc2nc(N(CCCn3ccnc3)C(=O)/C=C/c3ccccc3Cl)sc2c1.Cl. The number of carbonyl (C=O) groups is 1. The molecule has 0 bridgehead atoms. The maximum absolute atomic E-state index is 13.1. The van der Waals surface area contributed by atoms with E-state index in [4.69, 9.17) is 16.3 Å². The maximum atomic E-state index is 13.1. The number of hydrogen-bond acceptors (Lipinski definition) is 5. The summed E-state index contributed by atoms with van der Waals surface area (Å²) in [5.74, 6) is 0.621. The van der Waals surface area contributed by atoms with Gasteiger partial charge in [-0.3, -0.25) is 9.69 Å². The summed E-state index contributed by atoms with van der Waals surface area (Å²) in [5.41, 5.74) is 1.63. The average molecular weight is 489 g/mol. The molecule has 2 heterocycles. The van der Waals surface area contributed by atoms with Crippen molar-refractivity contribution in [3.63, 3.8) is 0 Å². The fourth-order valence-corrected chi connectivity index (χ4v) is 4.35. The van der Waals surface area contributed by atoms with Crippen LogP contribution in [0.15, 0.2) is 67.3 Å². The Bertz CT molecular complexity index is 1210. The highest BCUT2D eigenvalue weighted by Gasteiger charge is 2.18. The minimum Gasteiger partial charge on any atom is -0.497 e. The smallest absolute Gasteiger partial charge is 0.252 e. The number of halogens is 2. The molecule has 4 rings (SSSR count). The van der Waals surface area contributed by atoms with Crippen LogP contribution in [0.4, 0.5) is 5.13 Å². The average Bonchev–Trinajstić information content (AvgIpc) is 3.45. The van der Waals surface area contributed by atoms with Crippen molar-refractivity contribution in [2.45, 2.75) is 13.0 Å². The molecule has 0 spiro atoms. The summed E-state index contributed by atoms with van der Waals surface area (Å²) in [6.07, 6.45) is 9.48. The summed E-state index contributed by atoms with van der Waals surface area (Å²) in [6.45, 7) is 1.29. The third-order valence-electron chi connectivity index (χ3n) is 4.75. The number of benzene rings is 2. The molecule has 0 N–H and O–H groups in total. The highest BCUT2D eigenvalue weighted by molar-refractivity contribution is 7.22. The fraction of sp³-hybridized carbons (Fsp3) is 0.174. The van der Waals surface area contributed by atoms with Gasteiger partial charge < -0.3 is 9.30 Å². The number of amides is 1. The molecule has 0 radical (unpaired) electrons. The Labute approximate surface area is 201 Å². The van der Waals surface area contributed by atoms with Gasteiger partial charge in [0.1, 0.15) is 5.75 Å². The van der Waals surface area contributed by atoms with Gasteiger partial charge in [0.15, 0.2) is 5.13 Å². The molecule has 32 heavy (non-hydrogen) atoms. The summed E-state index contributed by atoms with van der Waals surface area (Å²) < 4.78 is 8.27. The molecular weight excluding hydrogens is 467 g/mol. The lowest BCUT2D eigenvalue weighted by atomic mass is 10.2. The molecule has 0 aliphatic rings. The zero-order valence-corrected chi connectivity index (χ0v) is 19.7. The van der Waals surface area contributed by atoms with Gasteiger partial charge in [0, 0.05) is 36.6 Å². The number of methoxy groups -OCH3 is 1. The molecule has 0 saturated heterocycles. The summed E-state index contributed by atoms with van der Waals surface area (Å²) in [4.78, 5) is 23.6. The number of hydrogen-bond donors (Lipinski definition) is 0. The predicted molar refractivity (Wildman–Crippen MR) is 133 cm³/mol. The second-order valence-corrected chi connectivity index (χ2v) is 8.25. The molecular formula is C23H22Cl2N4O2S. The second-order valence-electron chi connectivity index (χ2n) is 6.83. The highest BCUT2D eigenvalue weighted by atomic mass is 35.5. The Morgan fingerprint density at radius 1 is 1.28 bits per heavy atom. The van der Waals surface area contributed by atoms with Crippen LogP contribution in [0, 0.1) is 0 Å².